The number of nitrogens with zero attached hydrogens (tertiary/aromatic N) is 3. The molecule has 1 aromatic heterocycles. The summed E-state index contributed by atoms with van der Waals surface area (Å²) >= 11 is 1.27. The van der Waals surface area contributed by atoms with Gasteiger partial charge in [0.05, 0.1) is 6.61 Å². The summed E-state index contributed by atoms with van der Waals surface area (Å²) in [7, 11) is 1.64. The van der Waals surface area contributed by atoms with Gasteiger partial charge in [-0.2, -0.15) is 0 Å². The number of carbonyl (C=O) groups is 1. The molecule has 174 valence electrons. The fourth-order valence-electron chi connectivity index (χ4n) is 3.53. The van der Waals surface area contributed by atoms with Crippen molar-refractivity contribution in [3.63, 3.8) is 0 Å². The summed E-state index contributed by atoms with van der Waals surface area (Å²) in [6.45, 7) is 1.20. The summed E-state index contributed by atoms with van der Waals surface area (Å²) in [5.41, 5.74) is 8.60. The predicted molar refractivity (Wildman–Crippen MR) is 132 cm³/mol. The van der Waals surface area contributed by atoms with Gasteiger partial charge in [-0.3, -0.25) is 4.79 Å². The minimum absolute atomic E-state index is 0.216. The first-order valence-electron chi connectivity index (χ1n) is 10.9. The molecule has 1 heterocycles. The first kappa shape index (κ1) is 23.5. The Morgan fingerprint density at radius 2 is 1.65 bits per heavy atom. The maximum absolute atomic E-state index is 12.2. The summed E-state index contributed by atoms with van der Waals surface area (Å²) < 4.78 is 13.4. The number of thioether (sulfide) groups is 1. The summed E-state index contributed by atoms with van der Waals surface area (Å²) in [4.78, 5) is 12.2. The molecule has 7 nitrogen and oxygen atoms in total. The van der Waals surface area contributed by atoms with E-state index in [2.05, 4.69) is 10.2 Å². The average Bonchev–Trinajstić information content (AvgIpc) is 3.27. The maximum Gasteiger partial charge on any atom is 0.235 e. The molecule has 3 aromatic carbocycles. The van der Waals surface area contributed by atoms with Gasteiger partial charge in [0.25, 0.3) is 0 Å². The lowest BCUT2D eigenvalue weighted by molar-refractivity contribution is -0.117. The van der Waals surface area contributed by atoms with Crippen molar-refractivity contribution >= 4 is 17.7 Å². The van der Waals surface area contributed by atoms with Crippen LogP contribution in [-0.2, 0) is 22.7 Å². The lowest BCUT2D eigenvalue weighted by Crippen LogP contribution is -2.20. The molecule has 0 aliphatic carbocycles. The Labute approximate surface area is 202 Å². The average molecular weight is 475 g/mol. The van der Waals surface area contributed by atoms with Gasteiger partial charge >= 0.3 is 0 Å². The highest BCUT2D eigenvalue weighted by molar-refractivity contribution is 8.00. The Morgan fingerprint density at radius 1 is 0.971 bits per heavy atom. The number of amides is 1. The Balaban J connectivity index is 1.57. The number of benzene rings is 3. The third-order valence-corrected chi connectivity index (χ3v) is 6.48. The number of rotatable bonds is 11. The van der Waals surface area contributed by atoms with Gasteiger partial charge in [0.15, 0.2) is 11.0 Å². The molecule has 1 unspecified atom stereocenters. The van der Waals surface area contributed by atoms with Crippen LogP contribution in [0.15, 0.2) is 90.1 Å². The normalized spacial score (nSPS) is 11.8. The van der Waals surface area contributed by atoms with Crippen LogP contribution in [-0.4, -0.2) is 34.4 Å². The van der Waals surface area contributed by atoms with Crippen LogP contribution in [0.2, 0.25) is 0 Å². The van der Waals surface area contributed by atoms with E-state index < -0.39 is 11.2 Å². The molecular weight excluding hydrogens is 448 g/mol. The highest BCUT2D eigenvalue weighted by atomic mass is 32.2. The Hall–Kier alpha value is -3.62. The van der Waals surface area contributed by atoms with E-state index in [1.807, 2.05) is 89.5 Å². The minimum atomic E-state index is -0.584. The van der Waals surface area contributed by atoms with Crippen LogP contribution in [0, 0.1) is 0 Å². The van der Waals surface area contributed by atoms with E-state index in [0.717, 1.165) is 22.4 Å². The third kappa shape index (κ3) is 5.65. The summed E-state index contributed by atoms with van der Waals surface area (Å²) in [5, 5.41) is 8.69. The molecular formula is C26H26N4O3S. The lowest BCUT2D eigenvalue weighted by Gasteiger charge is -2.15. The van der Waals surface area contributed by atoms with Crippen LogP contribution < -0.4 is 10.5 Å². The molecule has 0 aliphatic rings. The molecule has 4 rings (SSSR count). The highest BCUT2D eigenvalue weighted by Gasteiger charge is 2.24. The zero-order valence-electron chi connectivity index (χ0n) is 18.8. The first-order valence-corrected chi connectivity index (χ1v) is 11.7. The molecule has 0 radical (unpaired) electrons. The Kier molecular flexibility index (Phi) is 7.95. The predicted octanol–water partition coefficient (Wildman–Crippen LogP) is 4.49. The summed E-state index contributed by atoms with van der Waals surface area (Å²) in [6.07, 6.45) is 0. The van der Waals surface area contributed by atoms with E-state index in [1.54, 1.807) is 7.11 Å². The monoisotopic (exact) mass is 474 g/mol. The molecule has 0 bridgehead atoms. The van der Waals surface area contributed by atoms with Gasteiger partial charge in [-0.25, -0.2) is 0 Å². The van der Waals surface area contributed by atoms with Crippen molar-refractivity contribution < 1.29 is 14.3 Å². The molecule has 0 spiro atoms. The number of carbonyl (C=O) groups excluding carboxylic acids is 1. The molecule has 8 heteroatoms. The topological polar surface area (TPSA) is 92.3 Å². The zero-order valence-corrected chi connectivity index (χ0v) is 19.7. The first-order chi connectivity index (χ1) is 16.7. The standard InChI is InChI=1S/C26H26N4O3S/c1-32-17-16-30-23(18-33-22-15-9-8-14-21(22)19-10-4-2-5-11-19)28-29-26(30)34-24(25(27)31)20-12-6-3-7-13-20/h2-15,24H,16-18H2,1H3,(H2,27,31). The third-order valence-electron chi connectivity index (χ3n) is 5.23. The van der Waals surface area contributed by atoms with E-state index >= 15 is 0 Å². The second-order valence-corrected chi connectivity index (χ2v) is 8.58. The van der Waals surface area contributed by atoms with Crippen molar-refractivity contribution in [2.75, 3.05) is 13.7 Å². The van der Waals surface area contributed by atoms with Gasteiger partial charge in [0.2, 0.25) is 5.91 Å². The largest absolute Gasteiger partial charge is 0.485 e. The van der Waals surface area contributed by atoms with Gasteiger partial charge in [0.1, 0.15) is 17.6 Å². The number of nitrogens with two attached hydrogens (primary N) is 1. The highest BCUT2D eigenvalue weighted by Crippen LogP contribution is 2.35. The molecule has 1 amide bonds. The van der Waals surface area contributed by atoms with E-state index in [9.17, 15) is 4.79 Å². The molecule has 4 aromatic rings. The molecule has 34 heavy (non-hydrogen) atoms. The Morgan fingerprint density at radius 3 is 2.35 bits per heavy atom. The van der Waals surface area contributed by atoms with Crippen LogP contribution in [0.1, 0.15) is 16.6 Å². The number of ether oxygens (including phenoxy) is 2. The quantitative estimate of drug-likeness (QED) is 0.322. The number of hydrogen-bond acceptors (Lipinski definition) is 6. The van der Waals surface area contributed by atoms with Crippen molar-refractivity contribution in [3.05, 3.63) is 96.3 Å². The number of primary amides is 1. The fourth-order valence-corrected chi connectivity index (χ4v) is 4.57. The molecule has 1 atom stereocenters. The van der Waals surface area contributed by atoms with Gasteiger partial charge in [-0.15, -0.1) is 10.2 Å². The minimum Gasteiger partial charge on any atom is -0.485 e. The van der Waals surface area contributed by atoms with E-state index in [4.69, 9.17) is 15.2 Å². The number of hydrogen-bond donors (Lipinski definition) is 1. The molecule has 0 saturated carbocycles. The smallest absolute Gasteiger partial charge is 0.235 e. The SMILES string of the molecule is COCCn1c(COc2ccccc2-c2ccccc2)nnc1SC(C(N)=O)c1ccccc1. The van der Waals surface area contributed by atoms with Gasteiger partial charge < -0.3 is 19.8 Å². The van der Waals surface area contributed by atoms with Gasteiger partial charge in [-0.05, 0) is 17.2 Å². The molecule has 0 fully saturated rings. The molecule has 2 N–H and O–H groups in total. The van der Waals surface area contributed by atoms with Crippen molar-refractivity contribution in [2.45, 2.75) is 23.6 Å². The number of methoxy groups -OCH3 is 1. The van der Waals surface area contributed by atoms with Crippen LogP contribution in [0.4, 0.5) is 0 Å². The van der Waals surface area contributed by atoms with Crippen LogP contribution in [0.3, 0.4) is 0 Å². The Bertz CT molecular complexity index is 1220. The van der Waals surface area contributed by atoms with E-state index in [1.165, 1.54) is 11.8 Å². The van der Waals surface area contributed by atoms with Crippen LogP contribution in [0.25, 0.3) is 11.1 Å². The van der Waals surface area contributed by atoms with Gasteiger partial charge in [0, 0.05) is 19.2 Å². The zero-order chi connectivity index (χ0) is 23.8. The van der Waals surface area contributed by atoms with Crippen molar-refractivity contribution in [3.8, 4) is 16.9 Å². The van der Waals surface area contributed by atoms with Crippen LogP contribution in [0.5, 0.6) is 5.75 Å². The number of aromatic nitrogens is 3. The lowest BCUT2D eigenvalue weighted by atomic mass is 10.1. The van der Waals surface area contributed by atoms with Gasteiger partial charge in [-0.1, -0.05) is 90.6 Å². The van der Waals surface area contributed by atoms with E-state index in [0.29, 0.717) is 24.1 Å². The van der Waals surface area contributed by atoms with Crippen molar-refractivity contribution in [2.24, 2.45) is 5.73 Å². The fraction of sp³-hybridized carbons (Fsp3) is 0.192. The molecule has 0 saturated heterocycles. The van der Waals surface area contributed by atoms with Crippen molar-refractivity contribution in [1.29, 1.82) is 0 Å². The number of para-hydroxylation sites is 1. The molecule has 0 aliphatic heterocycles. The van der Waals surface area contributed by atoms with Crippen molar-refractivity contribution in [1.82, 2.24) is 14.8 Å². The maximum atomic E-state index is 12.2. The summed E-state index contributed by atoms with van der Waals surface area (Å²) in [5.74, 6) is 0.953. The van der Waals surface area contributed by atoms with E-state index in [-0.39, 0.29) is 6.61 Å². The second kappa shape index (κ2) is 11.5. The summed E-state index contributed by atoms with van der Waals surface area (Å²) in [6, 6.07) is 27.4. The van der Waals surface area contributed by atoms with Crippen LogP contribution >= 0.6 is 11.8 Å². The second-order valence-electron chi connectivity index (χ2n) is 7.51.